The lowest BCUT2D eigenvalue weighted by molar-refractivity contribution is -0.138. The Balaban J connectivity index is 2.93. The highest BCUT2D eigenvalue weighted by Gasteiger charge is 2.29. The summed E-state index contributed by atoms with van der Waals surface area (Å²) in [4.78, 5) is 10.7. The number of benzene rings is 1. The van der Waals surface area contributed by atoms with Gasteiger partial charge >= 0.3 is 12.1 Å². The molecule has 0 bridgehead atoms. The Morgan fingerprint density at radius 1 is 1.24 bits per heavy atom. The van der Waals surface area contributed by atoms with E-state index in [9.17, 15) is 22.4 Å². The Morgan fingerprint density at radius 3 is 2.18 bits per heavy atom. The minimum absolute atomic E-state index is 0.140. The van der Waals surface area contributed by atoms with Gasteiger partial charge in [0.1, 0.15) is 0 Å². The van der Waals surface area contributed by atoms with Crippen molar-refractivity contribution in [2.75, 3.05) is 7.11 Å². The van der Waals surface area contributed by atoms with Crippen LogP contribution in [0.1, 0.15) is 11.1 Å². The summed E-state index contributed by atoms with van der Waals surface area (Å²) in [5.74, 6) is -2.35. The zero-order valence-electron chi connectivity index (χ0n) is 8.72. The summed E-state index contributed by atoms with van der Waals surface area (Å²) in [6, 6.07) is 3.73. The van der Waals surface area contributed by atoms with E-state index in [0.29, 0.717) is 0 Å². The second-order valence-electron chi connectivity index (χ2n) is 3.10. The maximum Gasteiger partial charge on any atom is 0.416 e. The summed E-state index contributed by atoms with van der Waals surface area (Å²) < 4.78 is 53.7. The van der Waals surface area contributed by atoms with Gasteiger partial charge in [0.2, 0.25) is 5.83 Å². The lowest BCUT2D eigenvalue weighted by Crippen LogP contribution is -2.04. The predicted octanol–water partition coefficient (Wildman–Crippen LogP) is 3.19. The molecule has 0 aliphatic heterocycles. The summed E-state index contributed by atoms with van der Waals surface area (Å²) in [6.45, 7) is 0. The average Bonchev–Trinajstić information content (AvgIpc) is 2.27. The van der Waals surface area contributed by atoms with E-state index in [1.165, 1.54) is 0 Å². The summed E-state index contributed by atoms with van der Waals surface area (Å²) >= 11 is 0. The minimum atomic E-state index is -4.44. The Hall–Kier alpha value is -1.85. The first-order valence-corrected chi connectivity index (χ1v) is 4.47. The molecule has 0 unspecified atom stereocenters. The summed E-state index contributed by atoms with van der Waals surface area (Å²) in [6.07, 6.45) is -3.64. The Kier molecular flexibility index (Phi) is 3.88. The molecule has 17 heavy (non-hydrogen) atoms. The number of halogens is 4. The van der Waals surface area contributed by atoms with Crippen LogP contribution >= 0.6 is 0 Å². The van der Waals surface area contributed by atoms with Gasteiger partial charge in [-0.05, 0) is 23.8 Å². The first kappa shape index (κ1) is 13.2. The van der Waals surface area contributed by atoms with Crippen molar-refractivity contribution in [3.05, 3.63) is 41.2 Å². The van der Waals surface area contributed by atoms with E-state index in [1.807, 2.05) is 0 Å². The van der Waals surface area contributed by atoms with Crippen molar-refractivity contribution < 1.29 is 27.1 Å². The number of carbonyl (C=O) groups excluding carboxylic acids is 1. The molecule has 0 saturated carbocycles. The monoisotopic (exact) mass is 248 g/mol. The summed E-state index contributed by atoms with van der Waals surface area (Å²) in [7, 11) is 1.00. The van der Waals surface area contributed by atoms with Crippen LogP contribution < -0.4 is 0 Å². The van der Waals surface area contributed by atoms with Crippen molar-refractivity contribution in [1.82, 2.24) is 0 Å². The number of alkyl halides is 3. The third-order valence-electron chi connectivity index (χ3n) is 1.91. The zero-order valence-corrected chi connectivity index (χ0v) is 8.72. The molecular weight excluding hydrogens is 240 g/mol. The molecule has 0 N–H and O–H groups in total. The van der Waals surface area contributed by atoms with Crippen LogP contribution in [-0.2, 0) is 15.7 Å². The van der Waals surface area contributed by atoms with E-state index < -0.39 is 23.5 Å². The van der Waals surface area contributed by atoms with Crippen LogP contribution in [0.15, 0.2) is 30.1 Å². The van der Waals surface area contributed by atoms with E-state index in [1.54, 1.807) is 0 Å². The Bertz CT molecular complexity index is 432. The molecular formula is C11H8F4O2. The average molecular weight is 248 g/mol. The van der Waals surface area contributed by atoms with Crippen molar-refractivity contribution >= 4 is 12.0 Å². The SMILES string of the molecule is COC(=O)C(F)=Cc1ccc(C(F)(F)F)cc1. The fraction of sp³-hybridized carbons (Fsp3) is 0.182. The maximum absolute atomic E-state index is 13.0. The standard InChI is InChI=1S/C11H8F4O2/c1-17-10(16)9(12)6-7-2-4-8(5-3-7)11(13,14)15/h2-6H,1H3. The van der Waals surface area contributed by atoms with Crippen molar-refractivity contribution in [2.45, 2.75) is 6.18 Å². The van der Waals surface area contributed by atoms with Gasteiger partial charge < -0.3 is 4.74 Å². The topological polar surface area (TPSA) is 26.3 Å². The Morgan fingerprint density at radius 2 is 1.76 bits per heavy atom. The molecule has 0 aromatic heterocycles. The normalized spacial score (nSPS) is 12.4. The van der Waals surface area contributed by atoms with E-state index >= 15 is 0 Å². The van der Waals surface area contributed by atoms with Gasteiger partial charge in [-0.15, -0.1) is 0 Å². The van der Waals surface area contributed by atoms with Gasteiger partial charge in [0.15, 0.2) is 0 Å². The van der Waals surface area contributed by atoms with Crippen molar-refractivity contribution in [3.63, 3.8) is 0 Å². The molecule has 0 heterocycles. The quantitative estimate of drug-likeness (QED) is 0.456. The van der Waals surface area contributed by atoms with Crippen LogP contribution in [0.5, 0.6) is 0 Å². The molecule has 0 aliphatic carbocycles. The molecule has 0 amide bonds. The van der Waals surface area contributed by atoms with E-state index in [4.69, 9.17) is 0 Å². The lowest BCUT2D eigenvalue weighted by Gasteiger charge is -2.05. The van der Waals surface area contributed by atoms with Crippen LogP contribution in [0.25, 0.3) is 6.08 Å². The molecule has 0 spiro atoms. The number of hydrogen-bond donors (Lipinski definition) is 0. The lowest BCUT2D eigenvalue weighted by atomic mass is 10.1. The maximum atomic E-state index is 13.0. The molecule has 2 nitrogen and oxygen atoms in total. The third-order valence-corrected chi connectivity index (χ3v) is 1.91. The molecule has 0 atom stereocenters. The zero-order chi connectivity index (χ0) is 13.1. The number of esters is 1. The van der Waals surface area contributed by atoms with Crippen LogP contribution in [0.3, 0.4) is 0 Å². The number of carbonyl (C=O) groups is 1. The van der Waals surface area contributed by atoms with Crippen molar-refractivity contribution in [1.29, 1.82) is 0 Å². The van der Waals surface area contributed by atoms with Crippen LogP contribution in [0, 0.1) is 0 Å². The highest BCUT2D eigenvalue weighted by Crippen LogP contribution is 2.29. The highest BCUT2D eigenvalue weighted by atomic mass is 19.4. The fourth-order valence-corrected chi connectivity index (χ4v) is 1.07. The van der Waals surface area contributed by atoms with Gasteiger partial charge in [-0.2, -0.15) is 17.6 Å². The van der Waals surface area contributed by atoms with Crippen LogP contribution in [-0.4, -0.2) is 13.1 Å². The van der Waals surface area contributed by atoms with Gasteiger partial charge in [0.25, 0.3) is 0 Å². The van der Waals surface area contributed by atoms with Gasteiger partial charge in [-0.3, -0.25) is 0 Å². The van der Waals surface area contributed by atoms with E-state index in [-0.39, 0.29) is 5.56 Å². The van der Waals surface area contributed by atoms with Gasteiger partial charge in [0.05, 0.1) is 12.7 Å². The first-order chi connectivity index (χ1) is 7.84. The molecule has 0 aliphatic rings. The highest BCUT2D eigenvalue weighted by molar-refractivity contribution is 5.91. The molecule has 1 aromatic rings. The van der Waals surface area contributed by atoms with Crippen molar-refractivity contribution in [3.8, 4) is 0 Å². The number of ether oxygens (including phenoxy) is 1. The third kappa shape index (κ3) is 3.58. The number of hydrogen-bond acceptors (Lipinski definition) is 2. The largest absolute Gasteiger partial charge is 0.464 e. The second-order valence-corrected chi connectivity index (χ2v) is 3.10. The van der Waals surface area contributed by atoms with Gasteiger partial charge in [-0.1, -0.05) is 12.1 Å². The van der Waals surface area contributed by atoms with E-state index in [0.717, 1.165) is 37.5 Å². The molecule has 1 aromatic carbocycles. The fourth-order valence-electron chi connectivity index (χ4n) is 1.07. The molecule has 0 fully saturated rings. The van der Waals surface area contributed by atoms with Crippen LogP contribution in [0.4, 0.5) is 17.6 Å². The molecule has 92 valence electrons. The molecule has 1 rings (SSSR count). The number of rotatable bonds is 2. The Labute approximate surface area is 94.5 Å². The molecule has 0 saturated heterocycles. The van der Waals surface area contributed by atoms with Crippen molar-refractivity contribution in [2.24, 2.45) is 0 Å². The smallest absolute Gasteiger partial charge is 0.416 e. The molecule has 6 heteroatoms. The first-order valence-electron chi connectivity index (χ1n) is 4.47. The van der Waals surface area contributed by atoms with Gasteiger partial charge in [-0.25, -0.2) is 4.79 Å². The van der Waals surface area contributed by atoms with Gasteiger partial charge in [0, 0.05) is 0 Å². The number of methoxy groups -OCH3 is 1. The van der Waals surface area contributed by atoms with E-state index in [2.05, 4.69) is 4.74 Å². The van der Waals surface area contributed by atoms with Crippen LogP contribution in [0.2, 0.25) is 0 Å². The summed E-state index contributed by atoms with van der Waals surface area (Å²) in [5.41, 5.74) is -0.700. The second kappa shape index (κ2) is 4.99. The predicted molar refractivity (Wildman–Crippen MR) is 52.5 cm³/mol. The minimum Gasteiger partial charge on any atom is -0.464 e. The summed E-state index contributed by atoms with van der Waals surface area (Å²) in [5, 5.41) is 0. The molecule has 0 radical (unpaired) electrons.